The molecule has 0 saturated heterocycles. The van der Waals surface area contributed by atoms with E-state index in [4.69, 9.17) is 14.2 Å². The first-order chi connectivity index (χ1) is 33.0. The van der Waals surface area contributed by atoms with E-state index in [0.29, 0.717) is 19.3 Å². The van der Waals surface area contributed by atoms with Gasteiger partial charge in [0.2, 0.25) is 0 Å². The van der Waals surface area contributed by atoms with Crippen molar-refractivity contribution in [2.24, 2.45) is 0 Å². The summed E-state index contributed by atoms with van der Waals surface area (Å²) in [4.78, 5) is 37.7. The van der Waals surface area contributed by atoms with Crippen molar-refractivity contribution in [2.45, 2.75) is 348 Å². The van der Waals surface area contributed by atoms with Gasteiger partial charge in [-0.15, -0.1) is 0 Å². The Morgan fingerprint density at radius 2 is 0.493 bits per heavy atom. The molecule has 0 aromatic carbocycles. The van der Waals surface area contributed by atoms with Crippen molar-refractivity contribution in [2.75, 3.05) is 13.2 Å². The summed E-state index contributed by atoms with van der Waals surface area (Å²) in [6.45, 7) is 6.58. The van der Waals surface area contributed by atoms with E-state index < -0.39 is 6.10 Å². The average molecular weight is 946 g/mol. The molecule has 396 valence electrons. The zero-order valence-electron chi connectivity index (χ0n) is 45.5. The minimum atomic E-state index is -0.766. The summed E-state index contributed by atoms with van der Waals surface area (Å²) in [5.41, 5.74) is 0. The van der Waals surface area contributed by atoms with Crippen LogP contribution in [0.3, 0.4) is 0 Å². The summed E-state index contributed by atoms with van der Waals surface area (Å²) >= 11 is 0. The molecule has 1 unspecified atom stereocenters. The van der Waals surface area contributed by atoms with Gasteiger partial charge in [0.25, 0.3) is 0 Å². The van der Waals surface area contributed by atoms with E-state index in [1.165, 1.54) is 231 Å². The van der Waals surface area contributed by atoms with E-state index in [1.54, 1.807) is 0 Å². The van der Waals surface area contributed by atoms with Gasteiger partial charge in [0, 0.05) is 19.3 Å². The van der Waals surface area contributed by atoms with Gasteiger partial charge < -0.3 is 14.2 Å². The normalized spacial score (nSPS) is 12.0. The van der Waals surface area contributed by atoms with Gasteiger partial charge in [0.1, 0.15) is 13.2 Å². The quantitative estimate of drug-likeness (QED) is 0.0262. The highest BCUT2D eigenvalue weighted by Gasteiger charge is 2.19. The van der Waals surface area contributed by atoms with Crippen molar-refractivity contribution in [3.8, 4) is 0 Å². The SMILES string of the molecule is CCCCCC/C=C\CCCCCCCC(=O)OC(COC(=O)CCCCCCC)COC(=O)CCCCCCCCCCCCCCCCCCCCCCCCCCCCCCCCC. The molecule has 0 aromatic heterocycles. The number of hydrogen-bond acceptors (Lipinski definition) is 6. The third-order valence-corrected chi connectivity index (χ3v) is 13.8. The maximum atomic E-state index is 12.7. The van der Waals surface area contributed by atoms with Gasteiger partial charge >= 0.3 is 17.9 Å². The van der Waals surface area contributed by atoms with E-state index >= 15 is 0 Å². The van der Waals surface area contributed by atoms with Crippen LogP contribution in [0.5, 0.6) is 0 Å². The number of carbonyl (C=O) groups is 3. The second-order valence-electron chi connectivity index (χ2n) is 20.6. The molecule has 1 atom stereocenters. The molecular formula is C61H116O6. The molecular weight excluding hydrogens is 829 g/mol. The van der Waals surface area contributed by atoms with Crippen LogP contribution in [0.15, 0.2) is 12.2 Å². The summed E-state index contributed by atoms with van der Waals surface area (Å²) in [7, 11) is 0. The molecule has 6 heteroatoms. The zero-order valence-corrected chi connectivity index (χ0v) is 45.5. The fourth-order valence-electron chi connectivity index (χ4n) is 9.21. The third kappa shape index (κ3) is 55.0. The minimum absolute atomic E-state index is 0.0694. The van der Waals surface area contributed by atoms with E-state index in [1.807, 2.05) is 0 Å². The molecule has 6 nitrogen and oxygen atoms in total. The molecule has 0 aromatic rings. The summed E-state index contributed by atoms with van der Waals surface area (Å²) in [6, 6.07) is 0. The summed E-state index contributed by atoms with van der Waals surface area (Å²) < 4.78 is 16.7. The Labute approximate surface area is 418 Å². The predicted molar refractivity (Wildman–Crippen MR) is 289 cm³/mol. The highest BCUT2D eigenvalue weighted by atomic mass is 16.6. The van der Waals surface area contributed by atoms with Crippen molar-refractivity contribution < 1.29 is 28.6 Å². The fourth-order valence-corrected chi connectivity index (χ4v) is 9.21. The topological polar surface area (TPSA) is 78.9 Å². The van der Waals surface area contributed by atoms with Crippen LogP contribution in [0.2, 0.25) is 0 Å². The lowest BCUT2D eigenvalue weighted by atomic mass is 10.0. The summed E-state index contributed by atoms with van der Waals surface area (Å²) in [6.07, 6.45) is 65.7. The Hall–Kier alpha value is -1.85. The van der Waals surface area contributed by atoms with Crippen molar-refractivity contribution in [3.63, 3.8) is 0 Å². The number of hydrogen-bond donors (Lipinski definition) is 0. The lowest BCUT2D eigenvalue weighted by Gasteiger charge is -2.18. The molecule has 0 heterocycles. The monoisotopic (exact) mass is 945 g/mol. The standard InChI is InChI=1S/C61H116O6/c1-4-7-10-13-15-17-19-21-22-23-24-25-26-27-28-29-30-31-32-33-34-35-36-37-38-40-41-43-45-48-51-54-60(63)66-57-58(56-65-59(62)53-50-47-12-9-6-3)67-61(64)55-52-49-46-44-42-39-20-18-16-14-11-8-5-2/h18,20,58H,4-17,19,21-57H2,1-3H3/b20-18-. The highest BCUT2D eigenvalue weighted by molar-refractivity contribution is 5.71. The number of rotatable bonds is 56. The zero-order chi connectivity index (χ0) is 48.6. The third-order valence-electron chi connectivity index (χ3n) is 13.8. The number of unbranched alkanes of at least 4 members (excludes halogenated alkanes) is 43. The number of esters is 3. The van der Waals surface area contributed by atoms with Crippen LogP contribution in [0, 0.1) is 0 Å². The molecule has 0 bridgehead atoms. The molecule has 67 heavy (non-hydrogen) atoms. The second-order valence-corrected chi connectivity index (χ2v) is 20.6. The van der Waals surface area contributed by atoms with Crippen molar-refractivity contribution in [1.29, 1.82) is 0 Å². The van der Waals surface area contributed by atoms with Gasteiger partial charge in [-0.2, -0.15) is 0 Å². The van der Waals surface area contributed by atoms with Gasteiger partial charge in [-0.05, 0) is 44.9 Å². The first kappa shape index (κ1) is 65.1. The predicted octanol–water partition coefficient (Wildman–Crippen LogP) is 20.1. The molecule has 0 fully saturated rings. The molecule has 0 saturated carbocycles. The van der Waals surface area contributed by atoms with Gasteiger partial charge in [-0.3, -0.25) is 14.4 Å². The highest BCUT2D eigenvalue weighted by Crippen LogP contribution is 2.18. The van der Waals surface area contributed by atoms with Gasteiger partial charge in [0.15, 0.2) is 6.10 Å². The number of ether oxygens (including phenoxy) is 3. The Kier molecular flexibility index (Phi) is 55.2. The molecule has 0 N–H and O–H groups in total. The lowest BCUT2D eigenvalue weighted by molar-refractivity contribution is -0.167. The first-order valence-corrected chi connectivity index (χ1v) is 30.2. The van der Waals surface area contributed by atoms with Crippen LogP contribution >= 0.6 is 0 Å². The maximum absolute atomic E-state index is 12.7. The lowest BCUT2D eigenvalue weighted by Crippen LogP contribution is -2.30. The molecule has 0 radical (unpaired) electrons. The second kappa shape index (κ2) is 56.7. The van der Waals surface area contributed by atoms with E-state index in [0.717, 1.165) is 70.6 Å². The largest absolute Gasteiger partial charge is 0.462 e. The Morgan fingerprint density at radius 3 is 0.761 bits per heavy atom. The molecule has 0 spiro atoms. The van der Waals surface area contributed by atoms with Gasteiger partial charge in [-0.25, -0.2) is 0 Å². The number of carbonyl (C=O) groups excluding carboxylic acids is 3. The smallest absolute Gasteiger partial charge is 0.306 e. The molecule has 0 aliphatic carbocycles. The fraction of sp³-hybridized carbons (Fsp3) is 0.918. The van der Waals surface area contributed by atoms with Crippen LogP contribution in [0.4, 0.5) is 0 Å². The van der Waals surface area contributed by atoms with Crippen LogP contribution in [-0.4, -0.2) is 37.2 Å². The molecule has 0 aliphatic rings. The van der Waals surface area contributed by atoms with E-state index in [9.17, 15) is 14.4 Å². The Bertz CT molecular complexity index is 1040. The Morgan fingerprint density at radius 1 is 0.284 bits per heavy atom. The van der Waals surface area contributed by atoms with E-state index in [-0.39, 0.29) is 31.1 Å². The van der Waals surface area contributed by atoms with Crippen molar-refractivity contribution in [1.82, 2.24) is 0 Å². The molecule has 0 aliphatic heterocycles. The van der Waals surface area contributed by atoms with Crippen LogP contribution in [0.1, 0.15) is 342 Å². The van der Waals surface area contributed by atoms with Crippen LogP contribution in [0.25, 0.3) is 0 Å². The van der Waals surface area contributed by atoms with Crippen LogP contribution in [-0.2, 0) is 28.6 Å². The molecule has 0 rings (SSSR count). The van der Waals surface area contributed by atoms with Gasteiger partial charge in [-0.1, -0.05) is 290 Å². The van der Waals surface area contributed by atoms with Crippen molar-refractivity contribution in [3.05, 3.63) is 12.2 Å². The minimum Gasteiger partial charge on any atom is -0.462 e. The summed E-state index contributed by atoms with van der Waals surface area (Å²) in [5.74, 6) is -0.875. The first-order valence-electron chi connectivity index (χ1n) is 30.2. The summed E-state index contributed by atoms with van der Waals surface area (Å²) in [5, 5.41) is 0. The Balaban J connectivity index is 3.86. The maximum Gasteiger partial charge on any atom is 0.306 e. The average Bonchev–Trinajstić information content (AvgIpc) is 3.33. The van der Waals surface area contributed by atoms with Gasteiger partial charge in [0.05, 0.1) is 0 Å². The van der Waals surface area contributed by atoms with Crippen molar-refractivity contribution >= 4 is 17.9 Å². The molecule has 0 amide bonds. The van der Waals surface area contributed by atoms with Crippen LogP contribution < -0.4 is 0 Å². The van der Waals surface area contributed by atoms with E-state index in [2.05, 4.69) is 32.9 Å². The number of allylic oxidation sites excluding steroid dienone is 2.